The monoisotopic (exact) mass is 294 g/mol. The quantitative estimate of drug-likeness (QED) is 0.750. The summed E-state index contributed by atoms with van der Waals surface area (Å²) in [6.07, 6.45) is 10.7. The molecule has 3 atom stereocenters. The molecular formula is C17H30N2O2. The van der Waals surface area contributed by atoms with Gasteiger partial charge >= 0.3 is 0 Å². The zero-order valence-electron chi connectivity index (χ0n) is 13.5. The molecule has 1 heterocycles. The number of aliphatic hydroxyl groups excluding tert-OH is 1. The average molecular weight is 294 g/mol. The van der Waals surface area contributed by atoms with Gasteiger partial charge in [0.05, 0.1) is 24.9 Å². The maximum absolute atomic E-state index is 10.4. The SMILES string of the molecule is C#CCN(CC(O)CN1CC(C)OC(C)C1)C1CCCC1. The molecule has 2 aliphatic rings. The van der Waals surface area contributed by atoms with Crippen LogP contribution >= 0.6 is 0 Å². The van der Waals surface area contributed by atoms with Crippen molar-refractivity contribution in [3.8, 4) is 12.3 Å². The highest BCUT2D eigenvalue weighted by Gasteiger charge is 2.27. The molecule has 1 N–H and O–H groups in total. The highest BCUT2D eigenvalue weighted by atomic mass is 16.5. The van der Waals surface area contributed by atoms with Crippen molar-refractivity contribution >= 4 is 0 Å². The molecule has 21 heavy (non-hydrogen) atoms. The van der Waals surface area contributed by atoms with Gasteiger partial charge in [-0.25, -0.2) is 0 Å². The second-order valence-corrected chi connectivity index (χ2v) is 6.70. The van der Waals surface area contributed by atoms with Crippen LogP contribution in [-0.2, 0) is 4.74 Å². The molecule has 2 fully saturated rings. The average Bonchev–Trinajstić information content (AvgIpc) is 2.90. The Labute approximate surface area is 129 Å². The van der Waals surface area contributed by atoms with E-state index in [4.69, 9.17) is 11.2 Å². The van der Waals surface area contributed by atoms with Crippen LogP contribution in [0.3, 0.4) is 0 Å². The first-order valence-electron chi connectivity index (χ1n) is 8.32. The molecule has 0 radical (unpaired) electrons. The van der Waals surface area contributed by atoms with Crippen LogP contribution in [0.2, 0.25) is 0 Å². The van der Waals surface area contributed by atoms with Gasteiger partial charge in [0.15, 0.2) is 0 Å². The lowest BCUT2D eigenvalue weighted by molar-refractivity contribution is -0.0783. The van der Waals surface area contributed by atoms with Crippen molar-refractivity contribution in [1.82, 2.24) is 9.80 Å². The van der Waals surface area contributed by atoms with Gasteiger partial charge in [-0.3, -0.25) is 9.80 Å². The molecule has 1 saturated heterocycles. The summed E-state index contributed by atoms with van der Waals surface area (Å²) < 4.78 is 5.74. The minimum atomic E-state index is -0.337. The highest BCUT2D eigenvalue weighted by molar-refractivity contribution is 4.92. The van der Waals surface area contributed by atoms with Gasteiger partial charge in [0.2, 0.25) is 0 Å². The normalized spacial score (nSPS) is 29.7. The maximum Gasteiger partial charge on any atom is 0.0794 e. The minimum absolute atomic E-state index is 0.248. The Morgan fingerprint density at radius 3 is 2.48 bits per heavy atom. The van der Waals surface area contributed by atoms with Crippen LogP contribution in [0.25, 0.3) is 0 Å². The summed E-state index contributed by atoms with van der Waals surface area (Å²) in [6.45, 7) is 8.05. The predicted octanol–water partition coefficient (Wildman–Crippen LogP) is 1.33. The Hall–Kier alpha value is -0.600. The molecule has 0 spiro atoms. The Morgan fingerprint density at radius 2 is 1.90 bits per heavy atom. The number of ether oxygens (including phenoxy) is 1. The molecular weight excluding hydrogens is 264 g/mol. The van der Waals surface area contributed by atoms with Crippen molar-refractivity contribution in [3.63, 3.8) is 0 Å². The van der Waals surface area contributed by atoms with Gasteiger partial charge in [0, 0.05) is 32.2 Å². The summed E-state index contributed by atoms with van der Waals surface area (Å²) in [4.78, 5) is 4.61. The van der Waals surface area contributed by atoms with Crippen LogP contribution in [0, 0.1) is 12.3 Å². The van der Waals surface area contributed by atoms with E-state index in [-0.39, 0.29) is 18.3 Å². The Bertz CT molecular complexity index is 339. The largest absolute Gasteiger partial charge is 0.390 e. The molecule has 0 aromatic heterocycles. The summed E-state index contributed by atoms with van der Waals surface area (Å²) in [5, 5.41) is 10.4. The van der Waals surface area contributed by atoms with E-state index in [0.717, 1.165) is 13.1 Å². The van der Waals surface area contributed by atoms with E-state index in [1.807, 2.05) is 0 Å². The molecule has 0 aromatic rings. The molecule has 0 amide bonds. The summed E-state index contributed by atoms with van der Waals surface area (Å²) in [5.74, 6) is 2.75. The lowest BCUT2D eigenvalue weighted by Gasteiger charge is -2.37. The van der Waals surface area contributed by atoms with Crippen molar-refractivity contribution in [2.75, 3.05) is 32.7 Å². The zero-order chi connectivity index (χ0) is 15.2. The van der Waals surface area contributed by atoms with Gasteiger partial charge in [-0.1, -0.05) is 18.8 Å². The summed E-state index contributed by atoms with van der Waals surface area (Å²) in [6, 6.07) is 0.568. The summed E-state index contributed by atoms with van der Waals surface area (Å²) in [5.41, 5.74) is 0. The number of terminal acetylenes is 1. The molecule has 0 aromatic carbocycles. The molecule has 120 valence electrons. The topological polar surface area (TPSA) is 35.9 Å². The lowest BCUT2D eigenvalue weighted by atomic mass is 10.1. The molecule has 0 bridgehead atoms. The third kappa shape index (κ3) is 5.27. The fourth-order valence-electron chi connectivity index (χ4n) is 3.79. The number of rotatable bonds is 6. The molecule has 4 nitrogen and oxygen atoms in total. The zero-order valence-corrected chi connectivity index (χ0v) is 13.5. The Balaban J connectivity index is 1.81. The first-order valence-corrected chi connectivity index (χ1v) is 8.32. The number of β-amino-alcohol motifs (C(OH)–C–C–N with tert-alkyl or cyclic N) is 1. The number of hydrogen-bond acceptors (Lipinski definition) is 4. The number of aliphatic hydroxyl groups is 1. The molecule has 1 saturated carbocycles. The number of morpholine rings is 1. The summed E-state index contributed by atoms with van der Waals surface area (Å²) in [7, 11) is 0. The van der Waals surface area contributed by atoms with Crippen molar-refractivity contribution in [1.29, 1.82) is 0 Å². The van der Waals surface area contributed by atoms with Gasteiger partial charge in [0.25, 0.3) is 0 Å². The Kier molecular flexibility index (Phi) is 6.50. The number of hydrogen-bond donors (Lipinski definition) is 1. The van der Waals surface area contributed by atoms with Crippen LogP contribution in [0.4, 0.5) is 0 Å². The highest BCUT2D eigenvalue weighted by Crippen LogP contribution is 2.23. The van der Waals surface area contributed by atoms with Crippen LogP contribution in [0.1, 0.15) is 39.5 Å². The minimum Gasteiger partial charge on any atom is -0.390 e. The first-order chi connectivity index (χ1) is 10.1. The van der Waals surface area contributed by atoms with Crippen molar-refractivity contribution in [2.45, 2.75) is 63.9 Å². The van der Waals surface area contributed by atoms with Crippen LogP contribution in [0.15, 0.2) is 0 Å². The standard InChI is InChI=1S/C17H30N2O2/c1-4-9-19(16-7-5-6-8-16)13-17(20)12-18-10-14(2)21-15(3)11-18/h1,14-17,20H,5-13H2,2-3H3. The lowest BCUT2D eigenvalue weighted by Crippen LogP contribution is -2.50. The van der Waals surface area contributed by atoms with E-state index in [2.05, 4.69) is 29.6 Å². The Morgan fingerprint density at radius 1 is 1.29 bits per heavy atom. The van der Waals surface area contributed by atoms with Crippen molar-refractivity contribution < 1.29 is 9.84 Å². The van der Waals surface area contributed by atoms with E-state index < -0.39 is 0 Å². The van der Waals surface area contributed by atoms with E-state index in [1.165, 1.54) is 25.7 Å². The fourth-order valence-corrected chi connectivity index (χ4v) is 3.79. The molecule has 2 rings (SSSR count). The predicted molar refractivity (Wildman–Crippen MR) is 85.1 cm³/mol. The second kappa shape index (κ2) is 8.14. The van der Waals surface area contributed by atoms with Crippen molar-refractivity contribution in [2.24, 2.45) is 0 Å². The number of nitrogens with zero attached hydrogens (tertiary/aromatic N) is 2. The molecule has 4 heteroatoms. The first kappa shape index (κ1) is 16.8. The molecule has 1 aliphatic carbocycles. The van der Waals surface area contributed by atoms with Gasteiger partial charge in [0.1, 0.15) is 0 Å². The van der Waals surface area contributed by atoms with Crippen LogP contribution in [0.5, 0.6) is 0 Å². The van der Waals surface area contributed by atoms with Crippen LogP contribution < -0.4 is 0 Å². The third-order valence-electron chi connectivity index (χ3n) is 4.54. The van der Waals surface area contributed by atoms with Crippen LogP contribution in [-0.4, -0.2) is 72.0 Å². The fraction of sp³-hybridized carbons (Fsp3) is 0.882. The van der Waals surface area contributed by atoms with Crippen molar-refractivity contribution in [3.05, 3.63) is 0 Å². The van der Waals surface area contributed by atoms with E-state index in [0.29, 0.717) is 25.7 Å². The third-order valence-corrected chi connectivity index (χ3v) is 4.54. The maximum atomic E-state index is 10.4. The van der Waals surface area contributed by atoms with Gasteiger partial charge < -0.3 is 9.84 Å². The van der Waals surface area contributed by atoms with E-state index in [1.54, 1.807) is 0 Å². The summed E-state index contributed by atoms with van der Waals surface area (Å²) >= 11 is 0. The van der Waals surface area contributed by atoms with E-state index in [9.17, 15) is 5.11 Å². The molecule has 3 unspecified atom stereocenters. The van der Waals surface area contributed by atoms with Gasteiger partial charge in [-0.05, 0) is 26.7 Å². The smallest absolute Gasteiger partial charge is 0.0794 e. The molecule has 1 aliphatic heterocycles. The second-order valence-electron chi connectivity index (χ2n) is 6.70. The van der Waals surface area contributed by atoms with E-state index >= 15 is 0 Å². The van der Waals surface area contributed by atoms with Gasteiger partial charge in [-0.15, -0.1) is 6.42 Å². The van der Waals surface area contributed by atoms with Gasteiger partial charge in [-0.2, -0.15) is 0 Å².